The van der Waals surface area contributed by atoms with Crippen molar-refractivity contribution in [1.29, 1.82) is 0 Å². The number of nitrogens with one attached hydrogen (secondary N) is 1. The molecule has 16 heteroatoms. The molecule has 0 aromatic heterocycles. The van der Waals surface area contributed by atoms with E-state index in [1.807, 2.05) is 0 Å². The number of piperidine rings is 4. The van der Waals surface area contributed by atoms with E-state index in [1.165, 1.54) is 99.9 Å². The third-order valence-corrected chi connectivity index (χ3v) is 21.4. The number of carbonyl (C=O) groups is 4. The van der Waals surface area contributed by atoms with Crippen molar-refractivity contribution in [2.45, 2.75) is 188 Å². The summed E-state index contributed by atoms with van der Waals surface area (Å²) in [6.07, 6.45) is 37.0. The second-order valence-electron chi connectivity index (χ2n) is 21.7. The Bertz CT molecular complexity index is 2320. The summed E-state index contributed by atoms with van der Waals surface area (Å²) in [6, 6.07) is 3.79. The van der Waals surface area contributed by atoms with Crippen LogP contribution in [0.25, 0.3) is 0 Å². The van der Waals surface area contributed by atoms with Crippen molar-refractivity contribution in [2.75, 3.05) is 26.2 Å². The zero-order chi connectivity index (χ0) is 45.6. The molecule has 4 spiro atoms. The molecule has 13 atom stereocenters. The highest BCUT2D eigenvalue weighted by atomic mass is 127. The van der Waals surface area contributed by atoms with Gasteiger partial charge in [0, 0.05) is 101 Å². The molecule has 12 nitrogen and oxygen atoms in total. The molecular weight excluding hydrogens is 1250 g/mol. The van der Waals surface area contributed by atoms with E-state index in [-0.39, 0.29) is 73.5 Å². The lowest BCUT2D eigenvalue weighted by Gasteiger charge is -2.38. The average Bonchev–Trinajstić information content (AvgIpc) is 4.20. The van der Waals surface area contributed by atoms with E-state index in [9.17, 15) is 19.2 Å². The Morgan fingerprint density at radius 1 is 0.500 bits per heavy atom. The number of esters is 4. The Balaban J connectivity index is 0.000000107. The second-order valence-corrected chi connectivity index (χ2v) is 25.2. The van der Waals surface area contributed by atoms with Gasteiger partial charge in [0.15, 0.2) is 22.4 Å². The predicted molar refractivity (Wildman–Crippen MR) is 287 cm³/mol. The number of hydrogen-bond donors (Lipinski definition) is 1. The SMILES string of the molecule is C.C.O=C1C=C2C(I)=C[C@@H]3C[C@@]2(O1)[C@H]1CCCCN31.O=C1C=C2C(I)=C[C@@H]3C[C@@]2(O1)[C@H]1CCCCN31.O=C1C=C2C(I)=C[C@@H]3C[C@@]2(O1)[C@H]1CCCC[NH+]31.O=C1C=C2C=C[C@@H]3C[C@@]2(O1)[C@H]1CCCCN31.[Cl-]. The summed E-state index contributed by atoms with van der Waals surface area (Å²) in [5.41, 5.74) is 3.44. The standard InChI is InChI=1S/3C13H14INO2.C13H15NO2.2CH4.ClH/c3*14-10-5-8-7-13(9(10)6-12(16)17-13)11-3-1-2-4-15(8)11;15-12-7-9-4-5-10-8-13(9,16-12)11-3-1-2-6-14(10)11;;;/h3*5-6,8,11H,1-4,7H2;4-5,7,10-11H,1-3,6,8H2;2*1H4;1H/t3*8-,11-,13+;10-,11-,13+;;;/m1111.../s1. The Morgan fingerprint density at radius 3 is 1.49 bits per heavy atom. The van der Waals surface area contributed by atoms with Gasteiger partial charge in [-0.3, -0.25) is 14.7 Å². The summed E-state index contributed by atoms with van der Waals surface area (Å²) in [6.45, 7) is 4.71. The Labute approximate surface area is 460 Å². The molecule has 0 amide bonds. The Hall–Kier alpha value is -1.88. The number of ether oxygens (including phenoxy) is 4. The average molecular weight is 1320 g/mol. The summed E-state index contributed by atoms with van der Waals surface area (Å²) >= 11 is 7.08. The highest BCUT2D eigenvalue weighted by Crippen LogP contribution is 2.57. The van der Waals surface area contributed by atoms with Gasteiger partial charge in [0.05, 0.1) is 31.1 Å². The number of quaternary nitrogens is 1. The van der Waals surface area contributed by atoms with Gasteiger partial charge in [-0.15, -0.1) is 0 Å². The fourth-order valence-electron chi connectivity index (χ4n) is 16.2. The number of halogens is 4. The first-order valence-corrected chi connectivity index (χ1v) is 28.4. The van der Waals surface area contributed by atoms with Crippen molar-refractivity contribution in [3.05, 3.63) is 87.7 Å². The van der Waals surface area contributed by atoms with Crippen LogP contribution in [-0.2, 0) is 38.1 Å². The maximum absolute atomic E-state index is 11.7. The summed E-state index contributed by atoms with van der Waals surface area (Å²) in [4.78, 5) is 55.8. The monoisotopic (exact) mass is 1310 g/mol. The number of rotatable bonds is 0. The Kier molecular flexibility index (Phi) is 14.0. The number of carbonyl (C=O) groups excluding carboxylic acids is 4. The van der Waals surface area contributed by atoms with E-state index in [0.717, 1.165) is 62.0 Å². The van der Waals surface area contributed by atoms with E-state index in [1.54, 1.807) is 29.2 Å². The molecule has 0 saturated carbocycles. The zero-order valence-electron chi connectivity index (χ0n) is 38.1. The van der Waals surface area contributed by atoms with Gasteiger partial charge in [0.2, 0.25) is 0 Å². The number of hydrogen-bond acceptors (Lipinski definition) is 11. The lowest BCUT2D eigenvalue weighted by molar-refractivity contribution is -0.937. The first-order chi connectivity index (χ1) is 32.4. The van der Waals surface area contributed by atoms with Crippen molar-refractivity contribution in [3.8, 4) is 0 Å². The van der Waals surface area contributed by atoms with E-state index in [4.69, 9.17) is 18.9 Å². The van der Waals surface area contributed by atoms with Crippen LogP contribution in [0.5, 0.6) is 0 Å². The van der Waals surface area contributed by atoms with Crippen molar-refractivity contribution in [1.82, 2.24) is 14.7 Å². The van der Waals surface area contributed by atoms with Crippen LogP contribution in [0.4, 0.5) is 0 Å². The maximum atomic E-state index is 11.7. The van der Waals surface area contributed by atoms with E-state index in [2.05, 4.69) is 113 Å². The molecule has 0 aromatic rings. The summed E-state index contributed by atoms with van der Waals surface area (Å²) in [5, 5.41) is 0. The minimum atomic E-state index is -0.298. The molecule has 12 heterocycles. The largest absolute Gasteiger partial charge is 1.00 e. The van der Waals surface area contributed by atoms with Crippen LogP contribution in [0.2, 0.25) is 0 Å². The molecule has 12 aliphatic heterocycles. The lowest BCUT2D eigenvalue weighted by atomic mass is 9.80. The van der Waals surface area contributed by atoms with Gasteiger partial charge in [0.1, 0.15) is 12.1 Å². The highest BCUT2D eigenvalue weighted by Gasteiger charge is 2.66. The summed E-state index contributed by atoms with van der Waals surface area (Å²) < 4.78 is 26.7. The molecule has 8 saturated heterocycles. The van der Waals surface area contributed by atoms with E-state index < -0.39 is 0 Å². The molecule has 70 heavy (non-hydrogen) atoms. The van der Waals surface area contributed by atoms with Crippen LogP contribution in [0.1, 0.15) is 118 Å². The first-order valence-electron chi connectivity index (χ1n) is 25.2. The minimum Gasteiger partial charge on any atom is -1.00 e. The van der Waals surface area contributed by atoms with Crippen molar-refractivity contribution in [3.63, 3.8) is 0 Å². The molecular formula is C54H66ClI3N4O8. The van der Waals surface area contributed by atoms with Gasteiger partial charge >= 0.3 is 23.9 Å². The molecule has 0 radical (unpaired) electrons. The normalized spacial score (nSPS) is 42.9. The van der Waals surface area contributed by atoms with Crippen LogP contribution >= 0.6 is 67.8 Å². The van der Waals surface area contributed by atoms with Gasteiger partial charge < -0.3 is 36.3 Å². The predicted octanol–water partition coefficient (Wildman–Crippen LogP) is 4.77. The quantitative estimate of drug-likeness (QED) is 0.206. The fraction of sp³-hybridized carbons (Fsp3) is 0.630. The first kappa shape index (κ1) is 51.6. The molecule has 8 fully saturated rings. The third kappa shape index (κ3) is 7.68. The summed E-state index contributed by atoms with van der Waals surface area (Å²) in [5.74, 6) is -0.561. The van der Waals surface area contributed by atoms with Crippen molar-refractivity contribution < 1.29 is 55.4 Å². The maximum Gasteiger partial charge on any atom is 0.332 e. The minimum absolute atomic E-state index is 0. The molecule has 1 N–H and O–H groups in total. The molecule has 378 valence electrons. The second kappa shape index (κ2) is 19.0. The fourth-order valence-corrected chi connectivity index (χ4v) is 19.3. The van der Waals surface area contributed by atoms with Crippen LogP contribution in [0.3, 0.4) is 0 Å². The zero-order valence-corrected chi connectivity index (χ0v) is 45.3. The van der Waals surface area contributed by atoms with Gasteiger partial charge in [-0.25, -0.2) is 19.2 Å². The Morgan fingerprint density at radius 2 is 0.929 bits per heavy atom. The molecule has 1 unspecified atom stereocenters. The van der Waals surface area contributed by atoms with Crippen LogP contribution in [-0.4, -0.2) is 135 Å². The van der Waals surface area contributed by atoms with Gasteiger partial charge in [-0.05, 0) is 145 Å². The van der Waals surface area contributed by atoms with Gasteiger partial charge in [-0.2, -0.15) is 0 Å². The van der Waals surface area contributed by atoms with Crippen LogP contribution in [0, 0.1) is 0 Å². The number of nitrogens with zero attached hydrogens (tertiary/aromatic N) is 3. The highest BCUT2D eigenvalue weighted by molar-refractivity contribution is 14.1. The van der Waals surface area contributed by atoms with E-state index in [0.29, 0.717) is 48.3 Å². The van der Waals surface area contributed by atoms with E-state index >= 15 is 0 Å². The molecule has 16 rings (SSSR count). The molecule has 0 aromatic carbocycles. The third-order valence-electron chi connectivity index (χ3n) is 18.6. The van der Waals surface area contributed by atoms with Crippen LogP contribution < -0.4 is 17.3 Å². The van der Waals surface area contributed by atoms with Gasteiger partial charge in [-0.1, -0.05) is 58.4 Å². The summed E-state index contributed by atoms with van der Waals surface area (Å²) in [7, 11) is 0. The van der Waals surface area contributed by atoms with Crippen molar-refractivity contribution in [2.24, 2.45) is 0 Å². The number of fused-ring (bicyclic) bond motifs is 12. The molecule has 8 bridgehead atoms. The van der Waals surface area contributed by atoms with Crippen LogP contribution in [0.15, 0.2) is 87.7 Å². The molecule has 16 aliphatic rings. The molecule has 4 aliphatic carbocycles. The van der Waals surface area contributed by atoms with Gasteiger partial charge in [0.25, 0.3) is 0 Å². The topological polar surface area (TPSA) is 119 Å². The smallest absolute Gasteiger partial charge is 0.332 e. The lowest BCUT2D eigenvalue weighted by Crippen LogP contribution is -3.18. The van der Waals surface area contributed by atoms with Crippen molar-refractivity contribution >= 4 is 91.6 Å².